The molecule has 0 atom stereocenters. The van der Waals surface area contributed by atoms with E-state index >= 15 is 0 Å². The minimum absolute atomic E-state index is 0.517. The molecule has 2 N–H and O–H groups in total. The summed E-state index contributed by atoms with van der Waals surface area (Å²) in [7, 11) is 3.75. The molecule has 0 spiro atoms. The molecule has 0 aliphatic heterocycles. The fourth-order valence-corrected chi connectivity index (χ4v) is 2.91. The molecule has 0 bridgehead atoms. The highest BCUT2D eigenvalue weighted by Gasteiger charge is 2.12. The second-order valence-corrected chi connectivity index (χ2v) is 5.72. The first kappa shape index (κ1) is 15.0. The molecule has 0 unspecified atom stereocenters. The lowest BCUT2D eigenvalue weighted by Crippen LogP contribution is -2.20. The van der Waals surface area contributed by atoms with Crippen molar-refractivity contribution in [2.75, 3.05) is 25.6 Å². The summed E-state index contributed by atoms with van der Waals surface area (Å²) in [4.78, 5) is 7.90. The van der Waals surface area contributed by atoms with E-state index in [4.69, 9.17) is 10.5 Å². The Morgan fingerprint density at radius 1 is 1.30 bits per heavy atom. The van der Waals surface area contributed by atoms with Crippen LogP contribution in [0.5, 0.6) is 0 Å². The predicted molar refractivity (Wildman–Crippen MR) is 84.1 cm³/mol. The summed E-state index contributed by atoms with van der Waals surface area (Å²) in [5.74, 6) is 0. The van der Waals surface area contributed by atoms with Gasteiger partial charge in [-0.15, -0.1) is 11.3 Å². The maximum atomic E-state index is 5.76. The van der Waals surface area contributed by atoms with Crippen LogP contribution in [0.2, 0.25) is 0 Å². The van der Waals surface area contributed by atoms with Crippen LogP contribution in [0.1, 0.15) is 16.1 Å². The van der Waals surface area contributed by atoms with Crippen LogP contribution in [0.3, 0.4) is 0 Å². The molecule has 0 saturated carbocycles. The van der Waals surface area contributed by atoms with Crippen molar-refractivity contribution in [1.29, 1.82) is 0 Å². The second-order valence-electron chi connectivity index (χ2n) is 4.66. The lowest BCUT2D eigenvalue weighted by atomic mass is 10.1. The molecule has 0 radical (unpaired) electrons. The van der Waals surface area contributed by atoms with Crippen LogP contribution in [0.25, 0.3) is 0 Å². The van der Waals surface area contributed by atoms with Gasteiger partial charge >= 0.3 is 0 Å². The van der Waals surface area contributed by atoms with Crippen LogP contribution in [0.15, 0.2) is 30.3 Å². The number of likely N-dealkylation sites (N-methyl/N-ethyl adjacent to an activating group) is 1. The number of rotatable bonds is 7. The van der Waals surface area contributed by atoms with E-state index in [9.17, 15) is 0 Å². The maximum Gasteiger partial charge on any atom is 0.185 e. The Morgan fingerprint density at radius 3 is 2.70 bits per heavy atom. The minimum atomic E-state index is 0.517. The zero-order valence-corrected chi connectivity index (χ0v) is 12.8. The van der Waals surface area contributed by atoms with Crippen LogP contribution >= 0.6 is 11.3 Å². The number of hydrogen-bond donors (Lipinski definition) is 1. The van der Waals surface area contributed by atoms with Gasteiger partial charge in [-0.3, -0.25) is 0 Å². The van der Waals surface area contributed by atoms with Gasteiger partial charge in [-0.05, 0) is 12.0 Å². The molecule has 2 rings (SSSR count). The molecule has 0 fully saturated rings. The molecule has 1 heterocycles. The molecule has 0 aliphatic rings. The topological polar surface area (TPSA) is 51.4 Å². The van der Waals surface area contributed by atoms with Crippen LogP contribution in [-0.4, -0.2) is 25.7 Å². The van der Waals surface area contributed by atoms with Gasteiger partial charge in [0.1, 0.15) is 0 Å². The van der Waals surface area contributed by atoms with E-state index < -0.39 is 0 Å². The summed E-state index contributed by atoms with van der Waals surface area (Å²) in [5, 5.41) is 1.01. The van der Waals surface area contributed by atoms with Crippen molar-refractivity contribution in [1.82, 2.24) is 4.98 Å². The minimum Gasteiger partial charge on any atom is -0.378 e. The maximum absolute atomic E-state index is 5.76. The molecule has 20 heavy (non-hydrogen) atoms. The van der Waals surface area contributed by atoms with E-state index in [1.165, 1.54) is 5.56 Å². The summed E-state index contributed by atoms with van der Waals surface area (Å²) in [6.45, 7) is 1.98. The Labute approximate surface area is 124 Å². The smallest absolute Gasteiger partial charge is 0.185 e. The van der Waals surface area contributed by atoms with Gasteiger partial charge in [-0.25, -0.2) is 4.98 Å². The van der Waals surface area contributed by atoms with Crippen LogP contribution in [0, 0.1) is 0 Å². The summed E-state index contributed by atoms with van der Waals surface area (Å²) in [6, 6.07) is 10.5. The fourth-order valence-electron chi connectivity index (χ4n) is 1.98. The molecule has 1 aromatic heterocycles. The molecule has 0 aliphatic carbocycles. The van der Waals surface area contributed by atoms with Gasteiger partial charge in [0.25, 0.3) is 0 Å². The lowest BCUT2D eigenvalue weighted by molar-refractivity contribution is 0.181. The first-order valence-electron chi connectivity index (χ1n) is 6.67. The molecule has 5 heteroatoms. The SMILES string of the molecule is COCc1nc(N(C)CCc2ccccc2)sc1CN. The molecule has 1 aromatic carbocycles. The van der Waals surface area contributed by atoms with E-state index in [2.05, 4.69) is 41.2 Å². The van der Waals surface area contributed by atoms with Gasteiger partial charge in [0, 0.05) is 32.1 Å². The van der Waals surface area contributed by atoms with E-state index in [-0.39, 0.29) is 0 Å². The Hall–Kier alpha value is -1.43. The monoisotopic (exact) mass is 291 g/mol. The number of nitrogens with two attached hydrogens (primary N) is 1. The zero-order chi connectivity index (χ0) is 14.4. The molecule has 2 aromatic rings. The van der Waals surface area contributed by atoms with Crippen LogP contribution in [-0.2, 0) is 24.3 Å². The summed E-state index contributed by atoms with van der Waals surface area (Å²) < 4.78 is 5.16. The van der Waals surface area contributed by atoms with Crippen molar-refractivity contribution in [2.45, 2.75) is 19.6 Å². The van der Waals surface area contributed by atoms with Crippen molar-refractivity contribution in [3.63, 3.8) is 0 Å². The van der Waals surface area contributed by atoms with Crippen molar-refractivity contribution in [3.05, 3.63) is 46.5 Å². The van der Waals surface area contributed by atoms with Crippen molar-refractivity contribution in [2.24, 2.45) is 5.73 Å². The Morgan fingerprint density at radius 2 is 2.05 bits per heavy atom. The third-order valence-electron chi connectivity index (χ3n) is 3.14. The molecular weight excluding hydrogens is 270 g/mol. The summed E-state index contributed by atoms with van der Waals surface area (Å²) in [6.07, 6.45) is 1.01. The highest BCUT2D eigenvalue weighted by atomic mass is 32.1. The number of aromatic nitrogens is 1. The number of nitrogens with zero attached hydrogens (tertiary/aromatic N) is 2. The third-order valence-corrected chi connectivity index (χ3v) is 4.37. The van der Waals surface area contributed by atoms with Gasteiger partial charge in [0.05, 0.1) is 12.3 Å². The van der Waals surface area contributed by atoms with Crippen molar-refractivity contribution < 1.29 is 4.74 Å². The van der Waals surface area contributed by atoms with E-state index in [1.54, 1.807) is 18.4 Å². The van der Waals surface area contributed by atoms with Crippen LogP contribution in [0.4, 0.5) is 5.13 Å². The molecule has 4 nitrogen and oxygen atoms in total. The van der Waals surface area contributed by atoms with E-state index in [0.29, 0.717) is 13.2 Å². The van der Waals surface area contributed by atoms with E-state index in [1.807, 2.05) is 6.07 Å². The number of methoxy groups -OCH3 is 1. The predicted octanol–water partition coefficient (Wildman–Crippen LogP) is 2.43. The highest BCUT2D eigenvalue weighted by molar-refractivity contribution is 7.15. The Balaban J connectivity index is 2.00. The quantitative estimate of drug-likeness (QED) is 0.851. The first-order valence-corrected chi connectivity index (χ1v) is 7.49. The van der Waals surface area contributed by atoms with Crippen LogP contribution < -0.4 is 10.6 Å². The Kier molecular flexibility index (Phi) is 5.52. The number of thiazole rings is 1. The number of anilines is 1. The van der Waals surface area contributed by atoms with Gasteiger partial charge in [-0.1, -0.05) is 30.3 Å². The molecule has 108 valence electrons. The Bertz CT molecular complexity index is 527. The number of ether oxygens (including phenoxy) is 1. The standard InChI is InChI=1S/C15H21N3OS/c1-18(9-8-12-6-4-3-5-7-12)15-17-13(11-19-2)14(10-16)20-15/h3-7H,8-11,16H2,1-2H3. The van der Waals surface area contributed by atoms with Gasteiger partial charge in [-0.2, -0.15) is 0 Å². The third kappa shape index (κ3) is 3.79. The van der Waals surface area contributed by atoms with E-state index in [0.717, 1.165) is 28.7 Å². The number of benzene rings is 1. The fraction of sp³-hybridized carbons (Fsp3) is 0.400. The van der Waals surface area contributed by atoms with Gasteiger partial charge < -0.3 is 15.4 Å². The molecule has 0 amide bonds. The molecule has 0 saturated heterocycles. The summed E-state index contributed by atoms with van der Waals surface area (Å²) >= 11 is 1.65. The lowest BCUT2D eigenvalue weighted by Gasteiger charge is -2.15. The van der Waals surface area contributed by atoms with Crippen molar-refractivity contribution >= 4 is 16.5 Å². The summed E-state index contributed by atoms with van der Waals surface area (Å²) in [5.41, 5.74) is 8.06. The average molecular weight is 291 g/mol. The number of hydrogen-bond acceptors (Lipinski definition) is 5. The average Bonchev–Trinajstić information content (AvgIpc) is 2.89. The highest BCUT2D eigenvalue weighted by Crippen LogP contribution is 2.26. The normalized spacial score (nSPS) is 10.8. The van der Waals surface area contributed by atoms with Gasteiger partial charge in [0.15, 0.2) is 5.13 Å². The zero-order valence-electron chi connectivity index (χ0n) is 12.0. The largest absolute Gasteiger partial charge is 0.378 e. The molecular formula is C15H21N3OS. The first-order chi connectivity index (χ1) is 9.74. The van der Waals surface area contributed by atoms with Crippen molar-refractivity contribution in [3.8, 4) is 0 Å². The second kappa shape index (κ2) is 7.38. The van der Waals surface area contributed by atoms with Gasteiger partial charge in [0.2, 0.25) is 0 Å².